The first-order chi connectivity index (χ1) is 13.2. The zero-order chi connectivity index (χ0) is 18.2. The first-order valence-electron chi connectivity index (χ1n) is 8.71. The molecule has 0 saturated carbocycles. The molecule has 0 amide bonds. The molecular weight excluding hydrogens is 487 g/mol. The maximum absolute atomic E-state index is 6.15. The van der Waals surface area contributed by atoms with Crippen molar-refractivity contribution < 1.29 is 0 Å². The van der Waals surface area contributed by atoms with Gasteiger partial charge in [0.1, 0.15) is 0 Å². The smallest absolute Gasteiger partial charge is 0.173 e. The van der Waals surface area contributed by atoms with Crippen LogP contribution < -0.4 is 5.32 Å². The Balaban J connectivity index is 0.00000120. The fraction of sp³-hybridized carbons (Fsp3) is 0.263. The van der Waals surface area contributed by atoms with Gasteiger partial charge < -0.3 is 10.2 Å². The first kappa shape index (κ1) is 22.8. The Kier molecular flexibility index (Phi) is 7.87. The second-order valence-electron chi connectivity index (χ2n) is 6.54. The molecule has 1 aromatic carbocycles. The first-order valence-corrected chi connectivity index (χ1v) is 11.8. The molecule has 4 nitrogen and oxygen atoms in total. The van der Waals surface area contributed by atoms with Crippen LogP contribution in [0.5, 0.6) is 0 Å². The Labute approximate surface area is 200 Å². The number of halogens is 3. The van der Waals surface area contributed by atoms with Crippen molar-refractivity contribution in [3.05, 3.63) is 62.3 Å². The summed E-state index contributed by atoms with van der Waals surface area (Å²) in [7, 11) is 0. The lowest BCUT2D eigenvalue weighted by atomic mass is 10.1. The minimum Gasteiger partial charge on any atom is -0.360 e. The Bertz CT molecular complexity index is 960. The van der Waals surface area contributed by atoms with E-state index in [1.807, 2.05) is 29.5 Å². The van der Waals surface area contributed by atoms with Crippen LogP contribution in [-0.4, -0.2) is 33.6 Å². The summed E-state index contributed by atoms with van der Waals surface area (Å²) >= 11 is 11.4. The second kappa shape index (κ2) is 9.98. The molecule has 2 aromatic rings. The van der Waals surface area contributed by atoms with E-state index >= 15 is 0 Å². The minimum atomic E-state index is 0. The van der Waals surface area contributed by atoms with Crippen molar-refractivity contribution in [2.45, 2.75) is 19.0 Å². The van der Waals surface area contributed by atoms with Crippen LogP contribution in [0.25, 0.3) is 0 Å². The molecule has 0 bridgehead atoms. The van der Waals surface area contributed by atoms with E-state index in [9.17, 15) is 0 Å². The van der Waals surface area contributed by atoms with Crippen LogP contribution in [0.2, 0.25) is 5.02 Å². The largest absolute Gasteiger partial charge is 0.360 e. The summed E-state index contributed by atoms with van der Waals surface area (Å²) in [5.74, 6) is 0.888. The predicted molar refractivity (Wildman–Crippen MR) is 134 cm³/mol. The van der Waals surface area contributed by atoms with Gasteiger partial charge in [-0.2, -0.15) is 0 Å². The lowest BCUT2D eigenvalue weighted by Crippen LogP contribution is -2.31. The summed E-state index contributed by atoms with van der Waals surface area (Å²) in [4.78, 5) is 13.2. The summed E-state index contributed by atoms with van der Waals surface area (Å²) < 4.78 is 0. The van der Waals surface area contributed by atoms with Crippen LogP contribution in [0.4, 0.5) is 5.69 Å². The van der Waals surface area contributed by atoms with Crippen LogP contribution in [0, 0.1) is 0 Å². The summed E-state index contributed by atoms with van der Waals surface area (Å²) in [5, 5.41) is 10.8. The number of amidine groups is 2. The van der Waals surface area contributed by atoms with Crippen molar-refractivity contribution in [2.75, 3.05) is 12.3 Å². The number of hydrogen-bond acceptors (Lipinski definition) is 7. The molecule has 4 heterocycles. The summed E-state index contributed by atoms with van der Waals surface area (Å²) in [6.45, 7) is 1.69. The lowest BCUT2D eigenvalue weighted by molar-refractivity contribution is 0.519. The Morgan fingerprint density at radius 1 is 1.28 bits per heavy atom. The minimum absolute atomic E-state index is 0. The van der Waals surface area contributed by atoms with Gasteiger partial charge in [-0.05, 0) is 40.6 Å². The topological polar surface area (TPSA) is 40.0 Å². The summed E-state index contributed by atoms with van der Waals surface area (Å²) in [6, 6.07) is 10.6. The van der Waals surface area contributed by atoms with E-state index < -0.39 is 0 Å². The molecule has 3 aliphatic heterocycles. The highest BCUT2D eigenvalue weighted by Gasteiger charge is 2.28. The molecule has 0 fully saturated rings. The number of hydrogen-bond donors (Lipinski definition) is 1. The van der Waals surface area contributed by atoms with Gasteiger partial charge in [0.05, 0.1) is 24.8 Å². The van der Waals surface area contributed by atoms with Gasteiger partial charge in [0.25, 0.3) is 0 Å². The zero-order valence-corrected chi connectivity index (χ0v) is 20.0. The molecule has 1 atom stereocenters. The number of rotatable bonds is 4. The highest BCUT2D eigenvalue weighted by Crippen LogP contribution is 2.38. The molecule has 1 unspecified atom stereocenters. The van der Waals surface area contributed by atoms with Crippen LogP contribution >= 0.6 is 71.3 Å². The van der Waals surface area contributed by atoms with Crippen molar-refractivity contribution in [3.8, 4) is 0 Å². The normalized spacial score (nSPS) is 19.1. The maximum Gasteiger partial charge on any atom is 0.173 e. The monoisotopic (exact) mass is 504 g/mol. The summed E-state index contributed by atoms with van der Waals surface area (Å²) in [6.07, 6.45) is 1.05. The van der Waals surface area contributed by atoms with Crippen molar-refractivity contribution in [3.63, 3.8) is 0 Å². The van der Waals surface area contributed by atoms with Gasteiger partial charge in [0.15, 0.2) is 10.3 Å². The van der Waals surface area contributed by atoms with E-state index in [4.69, 9.17) is 16.6 Å². The van der Waals surface area contributed by atoms with Gasteiger partial charge in [0, 0.05) is 27.8 Å². The van der Waals surface area contributed by atoms with E-state index in [0.29, 0.717) is 6.04 Å². The van der Waals surface area contributed by atoms with Gasteiger partial charge in [-0.15, -0.1) is 36.2 Å². The molecular formula is C19H19Cl3N4S3. The van der Waals surface area contributed by atoms with Crippen LogP contribution in [0.1, 0.15) is 10.4 Å². The van der Waals surface area contributed by atoms with Crippen LogP contribution in [0.3, 0.4) is 0 Å². The third-order valence-electron chi connectivity index (χ3n) is 4.63. The standard InChI is InChI=1S/C19H17ClN4S3.2ClH/c20-13-3-4-17-12(6-13)9-24-15(11-27-19(24)23-17)10-26-18-21-8-14(22-18)7-16-2-1-5-25-16;;/h1-6,11,14H,7-10H2,(H,21,22);2*1H. The molecule has 29 heavy (non-hydrogen) atoms. The van der Waals surface area contributed by atoms with Crippen molar-refractivity contribution in [2.24, 2.45) is 9.98 Å². The number of thiophene rings is 1. The fourth-order valence-corrected chi connectivity index (χ4v) is 6.22. The molecule has 1 N–H and O–H groups in total. The number of fused-ring (bicyclic) bond motifs is 2. The quantitative estimate of drug-likeness (QED) is 0.558. The van der Waals surface area contributed by atoms with Crippen LogP contribution in [0.15, 0.2) is 56.8 Å². The van der Waals surface area contributed by atoms with Gasteiger partial charge >= 0.3 is 0 Å². The molecule has 0 radical (unpaired) electrons. The van der Waals surface area contributed by atoms with Gasteiger partial charge in [-0.25, -0.2) is 4.99 Å². The molecule has 0 spiro atoms. The zero-order valence-electron chi connectivity index (χ0n) is 15.2. The maximum atomic E-state index is 6.15. The molecule has 1 aromatic heterocycles. The van der Waals surface area contributed by atoms with Gasteiger partial charge in [-0.1, -0.05) is 41.2 Å². The van der Waals surface area contributed by atoms with Crippen molar-refractivity contribution >= 4 is 87.3 Å². The van der Waals surface area contributed by atoms with Crippen molar-refractivity contribution in [1.29, 1.82) is 0 Å². The number of nitrogens with one attached hydrogen (secondary N) is 1. The average Bonchev–Trinajstić information content (AvgIpc) is 3.40. The Morgan fingerprint density at radius 2 is 2.17 bits per heavy atom. The number of thioether (sulfide) groups is 2. The van der Waals surface area contributed by atoms with E-state index in [2.05, 4.69) is 38.1 Å². The number of benzene rings is 1. The third-order valence-corrected chi connectivity index (χ3v) is 7.64. The molecule has 0 saturated heterocycles. The highest BCUT2D eigenvalue weighted by molar-refractivity contribution is 8.17. The molecule has 154 valence electrons. The summed E-state index contributed by atoms with van der Waals surface area (Å²) in [5.41, 5.74) is 3.48. The molecule has 10 heteroatoms. The molecule has 5 rings (SSSR count). The average molecular weight is 506 g/mol. The third kappa shape index (κ3) is 5.09. The molecule has 3 aliphatic rings. The van der Waals surface area contributed by atoms with E-state index in [0.717, 1.165) is 46.3 Å². The number of aliphatic imine (C=N–C) groups is 2. The van der Waals surface area contributed by atoms with Gasteiger partial charge in [0.2, 0.25) is 0 Å². The molecule has 0 aliphatic carbocycles. The predicted octanol–water partition coefficient (Wildman–Crippen LogP) is 5.94. The second-order valence-corrected chi connectivity index (χ2v) is 9.81. The van der Waals surface area contributed by atoms with E-state index in [1.165, 1.54) is 16.1 Å². The lowest BCUT2D eigenvalue weighted by Gasteiger charge is -2.27. The Hall–Kier alpha value is -0.830. The van der Waals surface area contributed by atoms with Gasteiger partial charge in [-0.3, -0.25) is 4.99 Å². The van der Waals surface area contributed by atoms with E-state index in [-0.39, 0.29) is 24.8 Å². The fourth-order valence-electron chi connectivity index (χ4n) is 3.28. The van der Waals surface area contributed by atoms with Crippen LogP contribution in [-0.2, 0) is 13.0 Å². The van der Waals surface area contributed by atoms with E-state index in [1.54, 1.807) is 23.5 Å². The highest BCUT2D eigenvalue weighted by atomic mass is 35.5. The Morgan fingerprint density at radius 3 is 3.00 bits per heavy atom. The number of nitrogens with zero attached hydrogens (tertiary/aromatic N) is 3. The van der Waals surface area contributed by atoms with Crippen molar-refractivity contribution in [1.82, 2.24) is 10.2 Å². The SMILES string of the molecule is Cl.Cl.Clc1ccc2c(c1)CN1C(CSC3=NCC(Cc4cccs4)N3)=CSC1=N2.